The van der Waals surface area contributed by atoms with Gasteiger partial charge < -0.3 is 15.5 Å². The van der Waals surface area contributed by atoms with Crippen LogP contribution in [-0.4, -0.2) is 34.1 Å². The van der Waals surface area contributed by atoms with E-state index in [0.29, 0.717) is 6.42 Å². The molecule has 0 saturated heterocycles. The largest absolute Gasteiger partial charge is 0.481 e. The standard InChI is InChI=1S/C18H19NO5/c20-16(14-11-6-7-12(9-11)15(14)18(23)24)19-13(17(21)22)8-10-4-2-1-3-5-10/h1-7,11-15H,8-9H2,(H,19,20)(H,21,22)(H,23,24)/t11-,12-,13-,14+,15+/m0/s1. The highest BCUT2D eigenvalue weighted by atomic mass is 16.4. The van der Waals surface area contributed by atoms with Crippen LogP contribution in [0.25, 0.3) is 0 Å². The van der Waals surface area contributed by atoms with Gasteiger partial charge in [0.1, 0.15) is 6.04 Å². The van der Waals surface area contributed by atoms with Gasteiger partial charge in [-0.05, 0) is 23.8 Å². The third-order valence-electron chi connectivity index (χ3n) is 4.94. The van der Waals surface area contributed by atoms with Crippen molar-refractivity contribution in [3.63, 3.8) is 0 Å². The van der Waals surface area contributed by atoms with Crippen molar-refractivity contribution in [2.45, 2.75) is 18.9 Å². The Morgan fingerprint density at radius 1 is 1.04 bits per heavy atom. The van der Waals surface area contributed by atoms with Crippen LogP contribution in [0.15, 0.2) is 42.5 Å². The Balaban J connectivity index is 1.73. The highest BCUT2D eigenvalue weighted by molar-refractivity contribution is 5.89. The van der Waals surface area contributed by atoms with Gasteiger partial charge in [-0.25, -0.2) is 4.79 Å². The average molecular weight is 329 g/mol. The molecule has 2 bridgehead atoms. The summed E-state index contributed by atoms with van der Waals surface area (Å²) in [6.45, 7) is 0. The van der Waals surface area contributed by atoms with E-state index in [0.717, 1.165) is 5.56 Å². The molecule has 126 valence electrons. The number of rotatable bonds is 6. The molecule has 3 rings (SSSR count). The number of benzene rings is 1. The van der Waals surface area contributed by atoms with Crippen molar-refractivity contribution in [1.29, 1.82) is 0 Å². The minimum atomic E-state index is -1.13. The van der Waals surface area contributed by atoms with Crippen LogP contribution in [0.4, 0.5) is 0 Å². The fourth-order valence-corrected chi connectivity index (χ4v) is 3.83. The smallest absolute Gasteiger partial charge is 0.326 e. The molecule has 0 heterocycles. The maximum atomic E-state index is 12.6. The first-order valence-corrected chi connectivity index (χ1v) is 7.95. The maximum absolute atomic E-state index is 12.6. The minimum Gasteiger partial charge on any atom is -0.481 e. The van der Waals surface area contributed by atoms with E-state index < -0.39 is 35.7 Å². The number of fused-ring (bicyclic) bond motifs is 2. The normalized spacial score (nSPS) is 28.5. The third kappa shape index (κ3) is 3.04. The number of hydrogen-bond acceptors (Lipinski definition) is 3. The van der Waals surface area contributed by atoms with Crippen LogP contribution in [-0.2, 0) is 20.8 Å². The number of amides is 1. The molecule has 1 aromatic rings. The van der Waals surface area contributed by atoms with Crippen molar-refractivity contribution in [3.05, 3.63) is 48.0 Å². The number of carboxylic acid groups (broad SMARTS) is 2. The fraction of sp³-hybridized carbons (Fsp3) is 0.389. The van der Waals surface area contributed by atoms with Gasteiger partial charge in [-0.2, -0.15) is 0 Å². The second-order valence-corrected chi connectivity index (χ2v) is 6.43. The van der Waals surface area contributed by atoms with Crippen molar-refractivity contribution in [2.24, 2.45) is 23.7 Å². The predicted octanol–water partition coefficient (Wildman–Crippen LogP) is 1.32. The Labute approximate surface area is 139 Å². The van der Waals surface area contributed by atoms with E-state index in [2.05, 4.69) is 5.32 Å². The highest BCUT2D eigenvalue weighted by Gasteiger charge is 2.52. The third-order valence-corrected chi connectivity index (χ3v) is 4.94. The lowest BCUT2D eigenvalue weighted by molar-refractivity contribution is -0.148. The molecule has 1 saturated carbocycles. The van der Waals surface area contributed by atoms with E-state index in [4.69, 9.17) is 0 Å². The van der Waals surface area contributed by atoms with Gasteiger partial charge in [-0.1, -0.05) is 42.5 Å². The minimum absolute atomic E-state index is 0.123. The van der Waals surface area contributed by atoms with Crippen LogP contribution in [0.1, 0.15) is 12.0 Å². The number of nitrogens with one attached hydrogen (secondary N) is 1. The Bertz CT molecular complexity index is 684. The highest BCUT2D eigenvalue weighted by Crippen LogP contribution is 2.48. The first-order chi connectivity index (χ1) is 11.5. The Kier molecular flexibility index (Phi) is 4.38. The summed E-state index contributed by atoms with van der Waals surface area (Å²) in [5.41, 5.74) is 0.799. The van der Waals surface area contributed by atoms with E-state index >= 15 is 0 Å². The zero-order valence-corrected chi connectivity index (χ0v) is 13.0. The molecule has 5 atom stereocenters. The van der Waals surface area contributed by atoms with Gasteiger partial charge in [0.05, 0.1) is 11.8 Å². The van der Waals surface area contributed by atoms with Crippen molar-refractivity contribution in [3.8, 4) is 0 Å². The zero-order valence-electron chi connectivity index (χ0n) is 13.0. The molecule has 2 aliphatic carbocycles. The molecule has 1 amide bonds. The summed E-state index contributed by atoms with van der Waals surface area (Å²) in [6.07, 6.45) is 4.54. The van der Waals surface area contributed by atoms with Crippen molar-refractivity contribution >= 4 is 17.8 Å². The Morgan fingerprint density at radius 3 is 2.25 bits per heavy atom. The Morgan fingerprint density at radius 2 is 1.67 bits per heavy atom. The van der Waals surface area contributed by atoms with Gasteiger partial charge in [-0.3, -0.25) is 9.59 Å². The van der Waals surface area contributed by atoms with E-state index in [1.165, 1.54) is 0 Å². The second kappa shape index (κ2) is 6.47. The number of carboxylic acids is 2. The van der Waals surface area contributed by atoms with Crippen LogP contribution in [0.2, 0.25) is 0 Å². The number of allylic oxidation sites excluding steroid dienone is 2. The lowest BCUT2D eigenvalue weighted by Crippen LogP contribution is -2.48. The van der Waals surface area contributed by atoms with Crippen LogP contribution in [0, 0.1) is 23.7 Å². The molecule has 0 spiro atoms. The lowest BCUT2D eigenvalue weighted by atomic mass is 9.82. The van der Waals surface area contributed by atoms with E-state index in [1.807, 2.05) is 18.2 Å². The molecule has 24 heavy (non-hydrogen) atoms. The molecule has 3 N–H and O–H groups in total. The van der Waals surface area contributed by atoms with Crippen molar-refractivity contribution < 1.29 is 24.6 Å². The quantitative estimate of drug-likeness (QED) is 0.683. The molecular formula is C18H19NO5. The lowest BCUT2D eigenvalue weighted by Gasteiger charge is -2.25. The van der Waals surface area contributed by atoms with Crippen molar-refractivity contribution in [1.82, 2.24) is 5.32 Å². The molecule has 0 radical (unpaired) electrons. The molecule has 6 nitrogen and oxygen atoms in total. The molecule has 0 aromatic heterocycles. The van der Waals surface area contributed by atoms with Crippen LogP contribution in [0.5, 0.6) is 0 Å². The van der Waals surface area contributed by atoms with E-state index in [-0.39, 0.29) is 18.3 Å². The molecule has 0 unspecified atom stereocenters. The average Bonchev–Trinajstić information content (AvgIpc) is 3.16. The Hall–Kier alpha value is -2.63. The SMILES string of the molecule is O=C(O)[C@H]1[C@H](C(=O)N[C@@H](Cc2ccccc2)C(=O)O)[C@H]2C=C[C@H]1C2. The van der Waals surface area contributed by atoms with E-state index in [9.17, 15) is 24.6 Å². The van der Waals surface area contributed by atoms with Crippen LogP contribution >= 0.6 is 0 Å². The molecule has 1 aromatic carbocycles. The monoisotopic (exact) mass is 329 g/mol. The van der Waals surface area contributed by atoms with Gasteiger partial charge in [0, 0.05) is 6.42 Å². The first kappa shape index (κ1) is 16.2. The maximum Gasteiger partial charge on any atom is 0.326 e. The molecule has 1 fully saturated rings. The van der Waals surface area contributed by atoms with Crippen LogP contribution in [0.3, 0.4) is 0 Å². The molecule has 2 aliphatic rings. The summed E-state index contributed by atoms with van der Waals surface area (Å²) < 4.78 is 0. The topological polar surface area (TPSA) is 104 Å². The summed E-state index contributed by atoms with van der Waals surface area (Å²) in [7, 11) is 0. The number of carbonyl (C=O) groups excluding carboxylic acids is 1. The fourth-order valence-electron chi connectivity index (χ4n) is 3.83. The van der Waals surface area contributed by atoms with Gasteiger partial charge in [-0.15, -0.1) is 0 Å². The number of hydrogen-bond donors (Lipinski definition) is 3. The number of aliphatic carboxylic acids is 2. The summed E-state index contributed by atoms with van der Waals surface area (Å²) >= 11 is 0. The second-order valence-electron chi connectivity index (χ2n) is 6.43. The van der Waals surface area contributed by atoms with E-state index in [1.54, 1.807) is 24.3 Å². The summed E-state index contributed by atoms with van der Waals surface area (Å²) in [6, 6.07) is 7.95. The van der Waals surface area contributed by atoms with Gasteiger partial charge in [0.25, 0.3) is 0 Å². The van der Waals surface area contributed by atoms with Gasteiger partial charge in [0.15, 0.2) is 0 Å². The first-order valence-electron chi connectivity index (χ1n) is 7.95. The van der Waals surface area contributed by atoms with Crippen LogP contribution < -0.4 is 5.32 Å². The van der Waals surface area contributed by atoms with Gasteiger partial charge >= 0.3 is 11.9 Å². The molecule has 6 heteroatoms. The summed E-state index contributed by atoms with van der Waals surface area (Å²) in [5.74, 6) is -4.34. The summed E-state index contributed by atoms with van der Waals surface area (Å²) in [5, 5.41) is 21.3. The zero-order chi connectivity index (χ0) is 17.3. The summed E-state index contributed by atoms with van der Waals surface area (Å²) in [4.78, 5) is 35.6. The molecular weight excluding hydrogens is 310 g/mol. The van der Waals surface area contributed by atoms with Crippen molar-refractivity contribution in [2.75, 3.05) is 0 Å². The number of carbonyl (C=O) groups is 3. The molecule has 0 aliphatic heterocycles. The predicted molar refractivity (Wildman–Crippen MR) is 85.1 cm³/mol. The van der Waals surface area contributed by atoms with Gasteiger partial charge in [0.2, 0.25) is 5.91 Å².